The zero-order valence-corrected chi connectivity index (χ0v) is 15.6. The Balaban J connectivity index is 1.81. The summed E-state index contributed by atoms with van der Waals surface area (Å²) in [5, 5.41) is 0. The van der Waals surface area contributed by atoms with Crippen molar-refractivity contribution in [2.45, 2.75) is 46.4 Å². The van der Waals surface area contributed by atoms with Gasteiger partial charge in [0, 0.05) is 11.8 Å². The zero-order valence-electron chi connectivity index (χ0n) is 15.6. The highest BCUT2D eigenvalue weighted by atomic mass is 16.6. The summed E-state index contributed by atoms with van der Waals surface area (Å²) < 4.78 is 5.51. The maximum absolute atomic E-state index is 13.0. The van der Waals surface area contributed by atoms with E-state index >= 15 is 0 Å². The van der Waals surface area contributed by atoms with E-state index in [1.54, 1.807) is 4.90 Å². The fourth-order valence-corrected chi connectivity index (χ4v) is 3.25. The summed E-state index contributed by atoms with van der Waals surface area (Å²) in [6.07, 6.45) is 0.0955. The normalized spacial score (nSPS) is 16.7. The van der Waals surface area contributed by atoms with Crippen molar-refractivity contribution in [2.24, 2.45) is 5.41 Å². The number of nitrogens with zero attached hydrogens (tertiary/aromatic N) is 1. The Labute approximate surface area is 154 Å². The lowest BCUT2D eigenvalue weighted by molar-refractivity contribution is -0.132. The molecule has 0 aliphatic carbocycles. The number of ether oxygens (including phenoxy) is 1. The summed E-state index contributed by atoms with van der Waals surface area (Å²) in [6, 6.07) is 17.0. The standard InChI is InChI=1S/C22H25NO3/c1-22(2,3)20(24)19-13-17-11-7-8-12-18(17)14-23(19)21(25)26-15-16-9-5-4-6-10-16/h4-12,19H,13-15H2,1-3H3/t19-/m0/s1. The molecule has 0 fully saturated rings. The zero-order chi connectivity index (χ0) is 18.7. The van der Waals surface area contributed by atoms with Gasteiger partial charge in [0.25, 0.3) is 0 Å². The van der Waals surface area contributed by atoms with E-state index < -0.39 is 17.6 Å². The average Bonchev–Trinajstić information content (AvgIpc) is 2.64. The van der Waals surface area contributed by atoms with E-state index in [1.807, 2.05) is 75.4 Å². The van der Waals surface area contributed by atoms with Gasteiger partial charge in [-0.3, -0.25) is 9.69 Å². The van der Waals surface area contributed by atoms with Crippen molar-refractivity contribution in [3.8, 4) is 0 Å². The minimum absolute atomic E-state index is 0.0589. The van der Waals surface area contributed by atoms with Gasteiger partial charge >= 0.3 is 6.09 Å². The lowest BCUT2D eigenvalue weighted by atomic mass is 9.81. The molecule has 1 heterocycles. The van der Waals surface area contributed by atoms with Crippen LogP contribution in [-0.4, -0.2) is 22.8 Å². The molecule has 1 atom stereocenters. The van der Waals surface area contributed by atoms with Gasteiger partial charge in [-0.1, -0.05) is 75.4 Å². The second-order valence-corrected chi connectivity index (χ2v) is 7.77. The van der Waals surface area contributed by atoms with Crippen LogP contribution in [0.1, 0.15) is 37.5 Å². The number of amides is 1. The number of hydrogen-bond donors (Lipinski definition) is 0. The van der Waals surface area contributed by atoms with Crippen LogP contribution in [0.5, 0.6) is 0 Å². The van der Waals surface area contributed by atoms with Gasteiger partial charge in [-0.25, -0.2) is 4.79 Å². The van der Waals surface area contributed by atoms with Crippen LogP contribution < -0.4 is 0 Å². The van der Waals surface area contributed by atoms with Crippen LogP contribution in [0.3, 0.4) is 0 Å². The molecule has 0 spiro atoms. The SMILES string of the molecule is CC(C)(C)C(=O)[C@@H]1Cc2ccccc2CN1C(=O)OCc1ccccc1. The molecule has 26 heavy (non-hydrogen) atoms. The molecular formula is C22H25NO3. The van der Waals surface area contributed by atoms with Gasteiger partial charge in [-0.05, 0) is 16.7 Å². The van der Waals surface area contributed by atoms with Crippen LogP contribution in [-0.2, 0) is 29.1 Å². The molecule has 4 nitrogen and oxygen atoms in total. The number of Topliss-reactive ketones (excluding diaryl/α,β-unsaturated/α-hetero) is 1. The molecule has 1 amide bonds. The van der Waals surface area contributed by atoms with Crippen LogP contribution in [0.15, 0.2) is 54.6 Å². The van der Waals surface area contributed by atoms with E-state index in [9.17, 15) is 9.59 Å². The first-order chi connectivity index (χ1) is 12.4. The fourth-order valence-electron chi connectivity index (χ4n) is 3.25. The highest BCUT2D eigenvalue weighted by molar-refractivity contribution is 5.92. The third-order valence-electron chi connectivity index (χ3n) is 4.73. The van der Waals surface area contributed by atoms with Crippen LogP contribution >= 0.6 is 0 Å². The fraction of sp³-hybridized carbons (Fsp3) is 0.364. The first kappa shape index (κ1) is 18.2. The smallest absolute Gasteiger partial charge is 0.411 e. The van der Waals surface area contributed by atoms with Gasteiger partial charge in [0.1, 0.15) is 6.61 Å². The number of ketones is 1. The van der Waals surface area contributed by atoms with Crippen molar-refractivity contribution in [3.05, 3.63) is 71.3 Å². The third-order valence-corrected chi connectivity index (χ3v) is 4.73. The quantitative estimate of drug-likeness (QED) is 0.825. The molecule has 1 aliphatic heterocycles. The highest BCUT2D eigenvalue weighted by Crippen LogP contribution is 2.29. The van der Waals surface area contributed by atoms with Gasteiger partial charge in [-0.2, -0.15) is 0 Å². The third kappa shape index (κ3) is 3.96. The number of benzene rings is 2. The van der Waals surface area contributed by atoms with Crippen molar-refractivity contribution in [1.82, 2.24) is 4.90 Å². The number of fused-ring (bicyclic) bond motifs is 1. The maximum atomic E-state index is 13.0. The summed E-state index contributed by atoms with van der Waals surface area (Å²) in [5.41, 5.74) is 2.61. The Morgan fingerprint density at radius 1 is 1.00 bits per heavy atom. The molecule has 0 bridgehead atoms. The van der Waals surface area contributed by atoms with E-state index in [2.05, 4.69) is 0 Å². The number of rotatable bonds is 3. The Kier molecular flexibility index (Phi) is 5.12. The second kappa shape index (κ2) is 7.32. The van der Waals surface area contributed by atoms with Crippen LogP contribution in [0.2, 0.25) is 0 Å². The summed E-state index contributed by atoms with van der Waals surface area (Å²) in [7, 11) is 0. The van der Waals surface area contributed by atoms with Gasteiger partial charge < -0.3 is 4.74 Å². The van der Waals surface area contributed by atoms with E-state index in [-0.39, 0.29) is 12.4 Å². The van der Waals surface area contributed by atoms with E-state index in [1.165, 1.54) is 0 Å². The van der Waals surface area contributed by atoms with Gasteiger partial charge in [0.2, 0.25) is 0 Å². The van der Waals surface area contributed by atoms with Crippen molar-refractivity contribution >= 4 is 11.9 Å². The Hall–Kier alpha value is -2.62. The van der Waals surface area contributed by atoms with Crippen LogP contribution in [0.4, 0.5) is 4.79 Å². The topological polar surface area (TPSA) is 46.6 Å². The van der Waals surface area contributed by atoms with Crippen molar-refractivity contribution in [2.75, 3.05) is 0 Å². The number of carbonyl (C=O) groups excluding carboxylic acids is 2. The monoisotopic (exact) mass is 351 g/mol. The molecular weight excluding hydrogens is 326 g/mol. The molecule has 2 aromatic rings. The lowest BCUT2D eigenvalue weighted by Crippen LogP contribution is -2.51. The molecule has 136 valence electrons. The molecule has 0 radical (unpaired) electrons. The number of hydrogen-bond acceptors (Lipinski definition) is 3. The first-order valence-electron chi connectivity index (χ1n) is 8.94. The van der Waals surface area contributed by atoms with Crippen LogP contribution in [0.25, 0.3) is 0 Å². The van der Waals surface area contributed by atoms with Gasteiger partial charge in [0.15, 0.2) is 5.78 Å². The largest absolute Gasteiger partial charge is 0.445 e. The predicted octanol–water partition coefficient (Wildman–Crippen LogP) is 4.37. The van der Waals surface area contributed by atoms with E-state index in [4.69, 9.17) is 4.74 Å². The molecule has 0 saturated heterocycles. The highest BCUT2D eigenvalue weighted by Gasteiger charge is 2.39. The Morgan fingerprint density at radius 3 is 2.27 bits per heavy atom. The van der Waals surface area contributed by atoms with E-state index in [0.717, 1.165) is 16.7 Å². The maximum Gasteiger partial charge on any atom is 0.411 e. The van der Waals surface area contributed by atoms with Crippen molar-refractivity contribution in [1.29, 1.82) is 0 Å². The molecule has 0 saturated carbocycles. The van der Waals surface area contributed by atoms with E-state index in [0.29, 0.717) is 13.0 Å². The molecule has 2 aromatic carbocycles. The summed E-state index contributed by atoms with van der Waals surface area (Å²) in [4.78, 5) is 27.3. The minimum Gasteiger partial charge on any atom is -0.445 e. The molecule has 3 rings (SSSR count). The molecule has 0 N–H and O–H groups in total. The minimum atomic E-state index is -0.519. The molecule has 0 unspecified atom stereocenters. The molecule has 4 heteroatoms. The second-order valence-electron chi connectivity index (χ2n) is 7.77. The molecule has 1 aliphatic rings. The molecule has 0 aromatic heterocycles. The first-order valence-corrected chi connectivity index (χ1v) is 8.94. The van der Waals surface area contributed by atoms with Gasteiger partial charge in [0.05, 0.1) is 12.6 Å². The van der Waals surface area contributed by atoms with Crippen molar-refractivity contribution in [3.63, 3.8) is 0 Å². The van der Waals surface area contributed by atoms with Gasteiger partial charge in [-0.15, -0.1) is 0 Å². The van der Waals surface area contributed by atoms with Crippen LogP contribution in [0, 0.1) is 5.41 Å². The lowest BCUT2D eigenvalue weighted by Gasteiger charge is -2.38. The Morgan fingerprint density at radius 2 is 1.62 bits per heavy atom. The predicted molar refractivity (Wildman–Crippen MR) is 101 cm³/mol. The summed E-state index contributed by atoms with van der Waals surface area (Å²) >= 11 is 0. The summed E-state index contributed by atoms with van der Waals surface area (Å²) in [5.74, 6) is 0.0589. The number of carbonyl (C=O) groups is 2. The Bertz CT molecular complexity index is 793. The van der Waals surface area contributed by atoms with Crippen molar-refractivity contribution < 1.29 is 14.3 Å². The summed E-state index contributed by atoms with van der Waals surface area (Å²) in [6.45, 7) is 6.28. The average molecular weight is 351 g/mol.